The molecule has 1 atom stereocenters. The maximum atomic E-state index is 12.6. The number of hydrogen-bond acceptors (Lipinski definition) is 5. The van der Waals surface area contributed by atoms with Gasteiger partial charge in [0.25, 0.3) is 0 Å². The fourth-order valence-electron chi connectivity index (χ4n) is 2.60. The van der Waals surface area contributed by atoms with Crippen molar-refractivity contribution < 1.29 is 19.1 Å². The summed E-state index contributed by atoms with van der Waals surface area (Å²) >= 11 is 0. The van der Waals surface area contributed by atoms with Gasteiger partial charge in [-0.25, -0.2) is 0 Å². The Morgan fingerprint density at radius 3 is 2.81 bits per heavy atom. The number of para-hydroxylation sites is 1. The lowest BCUT2D eigenvalue weighted by molar-refractivity contribution is -0.126. The van der Waals surface area contributed by atoms with Crippen molar-refractivity contribution in [3.8, 4) is 17.6 Å². The van der Waals surface area contributed by atoms with Crippen LogP contribution in [0, 0.1) is 17.2 Å². The first-order chi connectivity index (χ1) is 12.6. The maximum Gasteiger partial charge on any atom is 0.249 e. The molecule has 1 aliphatic heterocycles. The average Bonchev–Trinajstić information content (AvgIpc) is 2.68. The van der Waals surface area contributed by atoms with E-state index in [1.807, 2.05) is 12.1 Å². The normalized spacial score (nSPS) is 13.3. The number of carbonyl (C=O) groups excluding carboxylic acids is 2. The molecule has 1 heterocycles. The van der Waals surface area contributed by atoms with Gasteiger partial charge in [-0.05, 0) is 24.3 Å². The van der Waals surface area contributed by atoms with Crippen LogP contribution < -0.4 is 14.8 Å². The number of methoxy groups -OCH3 is 1. The van der Waals surface area contributed by atoms with Crippen LogP contribution in [0.25, 0.3) is 6.08 Å². The number of Topliss-reactive ketones (excluding diaryl/α,β-unsaturated/α-hetero) is 1. The second-order valence-electron chi connectivity index (χ2n) is 5.64. The summed E-state index contributed by atoms with van der Waals surface area (Å²) in [6.07, 6.45) is 1.66. The number of nitrogens with one attached hydrogen (secondary N) is 1. The fraction of sp³-hybridized carbons (Fsp3) is 0.150. The van der Waals surface area contributed by atoms with Gasteiger partial charge in [0.1, 0.15) is 18.1 Å². The maximum absolute atomic E-state index is 12.6. The highest BCUT2D eigenvalue weighted by atomic mass is 16.5. The van der Waals surface area contributed by atoms with Gasteiger partial charge in [0.15, 0.2) is 11.7 Å². The molecule has 0 spiro atoms. The van der Waals surface area contributed by atoms with E-state index < -0.39 is 17.6 Å². The summed E-state index contributed by atoms with van der Waals surface area (Å²) in [5.74, 6) is -1.49. The largest absolute Gasteiger partial charge is 0.497 e. The Balaban J connectivity index is 1.78. The van der Waals surface area contributed by atoms with Crippen LogP contribution in [0.4, 0.5) is 5.69 Å². The first-order valence-corrected chi connectivity index (χ1v) is 7.93. The van der Waals surface area contributed by atoms with E-state index in [1.54, 1.807) is 48.5 Å². The van der Waals surface area contributed by atoms with Crippen LogP contribution in [0.3, 0.4) is 0 Å². The number of carbonyl (C=O) groups is 2. The average molecular weight is 348 g/mol. The topological polar surface area (TPSA) is 88.4 Å². The molecule has 6 heteroatoms. The minimum Gasteiger partial charge on any atom is -0.497 e. The quantitative estimate of drug-likeness (QED) is 0.840. The van der Waals surface area contributed by atoms with Gasteiger partial charge in [-0.1, -0.05) is 24.3 Å². The van der Waals surface area contributed by atoms with Gasteiger partial charge in [0.2, 0.25) is 5.91 Å². The third kappa shape index (κ3) is 3.57. The van der Waals surface area contributed by atoms with Crippen molar-refractivity contribution in [2.45, 2.75) is 0 Å². The van der Waals surface area contributed by atoms with Crippen LogP contribution in [0.15, 0.2) is 54.1 Å². The number of amides is 1. The first-order valence-electron chi connectivity index (χ1n) is 7.93. The number of hydrogen-bond donors (Lipinski definition) is 1. The number of nitriles is 1. The van der Waals surface area contributed by atoms with Crippen LogP contribution in [-0.2, 0) is 9.59 Å². The third-order valence-corrected chi connectivity index (χ3v) is 3.94. The standard InChI is InChI=1S/C20H16N2O4/c1-25-16-7-4-6-15(10-16)22-20(24)17(11-21)19(23)14-9-13-5-2-3-8-18(13)26-12-14/h2-10,17H,12H2,1H3,(H,22,24). The van der Waals surface area contributed by atoms with Gasteiger partial charge in [0.05, 0.1) is 13.2 Å². The zero-order valence-electron chi connectivity index (χ0n) is 14.1. The Bertz CT molecular complexity index is 927. The zero-order chi connectivity index (χ0) is 18.5. The molecule has 2 aromatic carbocycles. The number of benzene rings is 2. The van der Waals surface area contributed by atoms with Crippen molar-refractivity contribution in [3.63, 3.8) is 0 Å². The summed E-state index contributed by atoms with van der Waals surface area (Å²) in [4.78, 5) is 25.0. The second-order valence-corrected chi connectivity index (χ2v) is 5.64. The Labute approximate surface area is 150 Å². The van der Waals surface area contributed by atoms with Gasteiger partial charge in [0, 0.05) is 22.9 Å². The number of nitrogens with zero attached hydrogens (tertiary/aromatic N) is 1. The van der Waals surface area contributed by atoms with E-state index in [0.717, 1.165) is 5.56 Å². The third-order valence-electron chi connectivity index (χ3n) is 3.94. The molecule has 1 unspecified atom stereocenters. The minimum atomic E-state index is -1.46. The highest BCUT2D eigenvalue weighted by molar-refractivity contribution is 6.17. The molecule has 1 N–H and O–H groups in total. The molecule has 3 rings (SSSR count). The molecule has 0 saturated carbocycles. The molecule has 0 bridgehead atoms. The summed E-state index contributed by atoms with van der Waals surface area (Å²) < 4.78 is 10.6. The predicted octanol–water partition coefficient (Wildman–Crippen LogP) is 2.82. The smallest absolute Gasteiger partial charge is 0.249 e. The Morgan fingerprint density at radius 2 is 2.04 bits per heavy atom. The molecule has 26 heavy (non-hydrogen) atoms. The molecule has 2 aromatic rings. The summed E-state index contributed by atoms with van der Waals surface area (Å²) in [5.41, 5.74) is 1.48. The van der Waals surface area contributed by atoms with Crippen molar-refractivity contribution in [1.82, 2.24) is 0 Å². The van der Waals surface area contributed by atoms with Gasteiger partial charge < -0.3 is 14.8 Å². The van der Waals surface area contributed by atoms with Crippen molar-refractivity contribution in [3.05, 3.63) is 59.7 Å². The molecule has 0 fully saturated rings. The van der Waals surface area contributed by atoms with Crippen molar-refractivity contribution in [2.24, 2.45) is 5.92 Å². The molecule has 1 aliphatic rings. The predicted molar refractivity (Wildman–Crippen MR) is 95.6 cm³/mol. The molecule has 0 radical (unpaired) electrons. The number of rotatable bonds is 5. The molecular formula is C20H16N2O4. The molecule has 0 aliphatic carbocycles. The molecular weight excluding hydrogens is 332 g/mol. The van der Waals surface area contributed by atoms with Gasteiger partial charge >= 0.3 is 0 Å². The fourth-order valence-corrected chi connectivity index (χ4v) is 2.60. The summed E-state index contributed by atoms with van der Waals surface area (Å²) in [7, 11) is 1.51. The summed E-state index contributed by atoms with van der Waals surface area (Å²) in [6, 6.07) is 15.7. The number of anilines is 1. The lowest BCUT2D eigenvalue weighted by atomic mass is 9.95. The molecule has 1 amide bonds. The first kappa shape index (κ1) is 17.2. The lowest BCUT2D eigenvalue weighted by Gasteiger charge is -2.18. The SMILES string of the molecule is COc1cccc(NC(=O)C(C#N)C(=O)C2=Cc3ccccc3OC2)c1. The lowest BCUT2D eigenvalue weighted by Crippen LogP contribution is -2.31. The van der Waals surface area contributed by atoms with Crippen molar-refractivity contribution >= 4 is 23.5 Å². The van der Waals surface area contributed by atoms with E-state index in [1.165, 1.54) is 7.11 Å². The van der Waals surface area contributed by atoms with E-state index >= 15 is 0 Å². The van der Waals surface area contributed by atoms with E-state index in [-0.39, 0.29) is 12.2 Å². The Morgan fingerprint density at radius 1 is 1.23 bits per heavy atom. The van der Waals surface area contributed by atoms with Crippen LogP contribution in [-0.4, -0.2) is 25.4 Å². The number of fused-ring (bicyclic) bond motifs is 1. The van der Waals surface area contributed by atoms with Crippen LogP contribution in [0.1, 0.15) is 5.56 Å². The Hall–Kier alpha value is -3.59. The van der Waals surface area contributed by atoms with E-state index in [9.17, 15) is 14.9 Å². The summed E-state index contributed by atoms with van der Waals surface area (Å²) in [5, 5.41) is 11.9. The molecule has 0 saturated heterocycles. The number of ether oxygens (including phenoxy) is 2. The number of ketones is 1. The molecule has 6 nitrogen and oxygen atoms in total. The highest BCUT2D eigenvalue weighted by Crippen LogP contribution is 2.27. The Kier molecular flexibility index (Phi) is 4.99. The minimum absolute atomic E-state index is 0.0282. The van der Waals surface area contributed by atoms with E-state index in [4.69, 9.17) is 9.47 Å². The van der Waals surface area contributed by atoms with E-state index in [0.29, 0.717) is 17.2 Å². The van der Waals surface area contributed by atoms with Crippen LogP contribution in [0.5, 0.6) is 11.5 Å². The summed E-state index contributed by atoms with van der Waals surface area (Å²) in [6.45, 7) is 0.0282. The van der Waals surface area contributed by atoms with Crippen molar-refractivity contribution in [1.29, 1.82) is 5.26 Å². The highest BCUT2D eigenvalue weighted by Gasteiger charge is 2.30. The zero-order valence-corrected chi connectivity index (χ0v) is 14.1. The van der Waals surface area contributed by atoms with Gasteiger partial charge in [-0.3, -0.25) is 9.59 Å². The molecule has 130 valence electrons. The van der Waals surface area contributed by atoms with Crippen molar-refractivity contribution in [2.75, 3.05) is 19.0 Å². The van der Waals surface area contributed by atoms with E-state index in [2.05, 4.69) is 5.32 Å². The van der Waals surface area contributed by atoms with Gasteiger partial charge in [-0.15, -0.1) is 0 Å². The monoisotopic (exact) mass is 348 g/mol. The van der Waals surface area contributed by atoms with Crippen LogP contribution in [0.2, 0.25) is 0 Å². The van der Waals surface area contributed by atoms with Gasteiger partial charge in [-0.2, -0.15) is 5.26 Å². The molecule has 0 aromatic heterocycles. The second kappa shape index (κ2) is 7.53. The van der Waals surface area contributed by atoms with Crippen LogP contribution >= 0.6 is 0 Å².